The number of carbonyl (C=O) groups is 3. The first kappa shape index (κ1) is 114. The zero-order valence-corrected chi connectivity index (χ0v) is 77.0. The average Bonchev–Trinajstić information content (AvgIpc) is 0.905. The summed E-state index contributed by atoms with van der Waals surface area (Å²) in [7, 11) is -9.82. The van der Waals surface area contributed by atoms with Gasteiger partial charge in [0, 0.05) is 19.3 Å². The number of aliphatic hydroxyl groups is 2. The second-order valence-electron chi connectivity index (χ2n) is 31.4. The van der Waals surface area contributed by atoms with E-state index in [0.717, 1.165) is 161 Å². The van der Waals surface area contributed by atoms with Crippen molar-refractivity contribution < 1.29 is 75.8 Å². The van der Waals surface area contributed by atoms with Gasteiger partial charge in [0.25, 0.3) is 0 Å². The Kier molecular flexibility index (Phi) is 88.2. The molecule has 0 heterocycles. The van der Waals surface area contributed by atoms with Gasteiger partial charge in [0.15, 0.2) is 6.10 Å². The van der Waals surface area contributed by atoms with Crippen molar-refractivity contribution in [1.29, 1.82) is 0 Å². The fourth-order valence-corrected chi connectivity index (χ4v) is 14.4. The summed E-state index contributed by atoms with van der Waals surface area (Å²) in [6, 6.07) is 0. The average molecular weight is 1700 g/mol. The maximum atomic E-state index is 13.1. The van der Waals surface area contributed by atoms with Crippen molar-refractivity contribution in [3.8, 4) is 0 Å². The van der Waals surface area contributed by atoms with Crippen molar-refractivity contribution >= 4 is 33.6 Å². The summed E-state index contributed by atoms with van der Waals surface area (Å²) in [5.41, 5.74) is 0. The summed E-state index contributed by atoms with van der Waals surface area (Å²) >= 11 is 0. The van der Waals surface area contributed by atoms with Gasteiger partial charge < -0.3 is 34.2 Å². The predicted octanol–water partition coefficient (Wildman–Crippen LogP) is 29.4. The van der Waals surface area contributed by atoms with Crippen LogP contribution in [0.2, 0.25) is 0 Å². The highest BCUT2D eigenvalue weighted by Gasteiger charge is 2.30. The highest BCUT2D eigenvalue weighted by atomic mass is 31.2. The van der Waals surface area contributed by atoms with Crippen LogP contribution in [0.4, 0.5) is 0 Å². The van der Waals surface area contributed by atoms with Gasteiger partial charge in [-0.15, -0.1) is 0 Å². The molecule has 0 fully saturated rings. The lowest BCUT2D eigenvalue weighted by Crippen LogP contribution is -2.30. The second kappa shape index (κ2) is 92.1. The number of esters is 3. The van der Waals surface area contributed by atoms with Crippen molar-refractivity contribution in [2.24, 2.45) is 0 Å². The summed E-state index contributed by atoms with van der Waals surface area (Å²) in [4.78, 5) is 59.1. The number of hydrogen-bond acceptors (Lipinski definition) is 14. The number of rotatable bonds is 89. The van der Waals surface area contributed by atoms with Crippen LogP contribution in [-0.2, 0) is 55.8 Å². The third kappa shape index (κ3) is 93.5. The van der Waals surface area contributed by atoms with E-state index in [-0.39, 0.29) is 19.3 Å². The van der Waals surface area contributed by atoms with E-state index in [4.69, 9.17) is 32.3 Å². The topological polar surface area (TPSA) is 231 Å². The van der Waals surface area contributed by atoms with Gasteiger partial charge in [-0.1, -0.05) is 390 Å². The van der Waals surface area contributed by atoms with E-state index in [1.54, 1.807) is 0 Å². The maximum absolute atomic E-state index is 13.1. The van der Waals surface area contributed by atoms with Gasteiger partial charge in [-0.25, -0.2) is 9.13 Å². The number of ether oxygens (including phenoxy) is 3. The monoisotopic (exact) mass is 1700 g/mol. The zero-order chi connectivity index (χ0) is 86.5. The molecule has 0 aliphatic rings. The number of phosphoric acid groups is 2. The predicted molar refractivity (Wildman–Crippen MR) is 500 cm³/mol. The molecule has 0 radical (unpaired) electrons. The molecule has 682 valence electrons. The molecule has 0 aromatic rings. The van der Waals surface area contributed by atoms with Gasteiger partial charge in [-0.2, -0.15) is 0 Å². The van der Waals surface area contributed by atoms with Gasteiger partial charge in [0.05, 0.1) is 26.4 Å². The maximum Gasteiger partial charge on any atom is 0.472 e. The molecular formula is C101H172O16P2. The first-order valence-corrected chi connectivity index (χ1v) is 50.4. The van der Waals surface area contributed by atoms with E-state index in [0.29, 0.717) is 19.3 Å². The number of hydrogen-bond donors (Lipinski definition) is 4. The van der Waals surface area contributed by atoms with Crippen LogP contribution in [0.3, 0.4) is 0 Å². The molecule has 0 saturated carbocycles. The highest BCUT2D eigenvalue weighted by molar-refractivity contribution is 7.47. The molecule has 0 amide bonds. The number of phosphoric ester groups is 2. The Morgan fingerprint density at radius 1 is 0.244 bits per heavy atom. The molecule has 5 atom stereocenters. The van der Waals surface area contributed by atoms with E-state index in [1.165, 1.54) is 173 Å². The van der Waals surface area contributed by atoms with E-state index < -0.39 is 91.5 Å². The van der Waals surface area contributed by atoms with Gasteiger partial charge in [-0.05, 0) is 154 Å². The van der Waals surface area contributed by atoms with Crippen LogP contribution in [0.25, 0.3) is 0 Å². The highest BCUT2D eigenvalue weighted by Crippen LogP contribution is 2.45. The molecule has 0 bridgehead atoms. The molecule has 0 saturated heterocycles. The molecule has 16 nitrogen and oxygen atoms in total. The van der Waals surface area contributed by atoms with Crippen molar-refractivity contribution in [2.45, 2.75) is 411 Å². The standard InChI is InChI=1S/C101H172O16P2/c1-4-7-10-13-16-19-22-25-28-31-34-37-39-41-43-45-47-49-51-53-55-58-60-63-66-69-72-75-78-81-84-87-99(104)111-90-96(102)91-113-118(107,108)114-92-97(103)93-115-119(109,110)116-95-98(117-101(106)89-86-83-80-77-74-71-68-65-62-57-36-33-30-27-24-21-18-15-12-9-6-3)94-112-100(105)88-85-82-79-76-73-70-67-64-61-59-56-54-52-50-48-46-44-42-40-38-35-32-29-26-23-20-17-14-11-8-5-2/h7-8,10-11,16-21,25-30,34-38,41-44,57,65,68,96-98,102-103H,4-6,9,12-15,22-24,31-33,39-40,45-56,58-64,66-67,69-95H2,1-3H3,(H,107,108)(H,109,110)/b10-7-,11-8-,19-16-,20-17-,21-18-,28-25-,29-26-,30-27-,37-34-,38-35-,43-41-,44-42-,57-36-,68-65-. The Morgan fingerprint density at radius 2 is 0.445 bits per heavy atom. The van der Waals surface area contributed by atoms with Crippen LogP contribution in [0.5, 0.6) is 0 Å². The minimum atomic E-state index is -4.95. The van der Waals surface area contributed by atoms with Crippen molar-refractivity contribution in [1.82, 2.24) is 0 Å². The Labute approximate surface area is 726 Å². The molecule has 0 rings (SSSR count). The molecule has 0 spiro atoms. The quantitative estimate of drug-likeness (QED) is 0.0146. The van der Waals surface area contributed by atoms with Crippen LogP contribution < -0.4 is 0 Å². The van der Waals surface area contributed by atoms with E-state index >= 15 is 0 Å². The minimum Gasteiger partial charge on any atom is -0.463 e. The van der Waals surface area contributed by atoms with E-state index in [2.05, 4.69) is 191 Å². The van der Waals surface area contributed by atoms with Crippen LogP contribution in [-0.4, -0.2) is 95.9 Å². The first-order valence-electron chi connectivity index (χ1n) is 47.4. The first-order chi connectivity index (χ1) is 58.2. The SMILES string of the molecule is CC/C=C\C/C=C\C/C=C\C/C=C\C/C=C\CCCCCCCCCCCCCCCCCC(=O)OCC(O)COP(=O)(O)OCC(O)COP(=O)(O)OCC(COC(=O)CCCCCCCCCCCCCCCCC/C=C\C/C=C\C/C=C\C/C=C\C/C=C\CC)OC(=O)CCCCCCC/C=C\C/C=C\C/C=C\C/C=C\CCCCC. The Morgan fingerprint density at radius 3 is 0.706 bits per heavy atom. The molecule has 4 N–H and O–H groups in total. The third-order valence-electron chi connectivity index (χ3n) is 19.9. The summed E-state index contributed by atoms with van der Waals surface area (Å²) in [6.07, 6.45) is 120. The van der Waals surface area contributed by atoms with E-state index in [1.807, 2.05) is 0 Å². The molecule has 0 aliphatic heterocycles. The normalized spacial score (nSPS) is 14.5. The molecule has 119 heavy (non-hydrogen) atoms. The van der Waals surface area contributed by atoms with Crippen molar-refractivity contribution in [2.75, 3.05) is 39.6 Å². The van der Waals surface area contributed by atoms with Gasteiger partial charge >= 0.3 is 33.6 Å². The Hall–Kier alpha value is -5.09. The van der Waals surface area contributed by atoms with Crippen LogP contribution >= 0.6 is 15.6 Å². The van der Waals surface area contributed by atoms with E-state index in [9.17, 15) is 43.5 Å². The zero-order valence-electron chi connectivity index (χ0n) is 75.2. The Balaban J connectivity index is 4.59. The minimum absolute atomic E-state index is 0.0807. The number of unbranched alkanes of at least 4 members (excludes halogenated alkanes) is 38. The van der Waals surface area contributed by atoms with Gasteiger partial charge in [-0.3, -0.25) is 32.5 Å². The molecule has 5 unspecified atom stereocenters. The molecular weight excluding hydrogens is 1530 g/mol. The number of carbonyl (C=O) groups excluding carboxylic acids is 3. The molecule has 0 aliphatic carbocycles. The van der Waals surface area contributed by atoms with Gasteiger partial charge in [0.1, 0.15) is 25.4 Å². The van der Waals surface area contributed by atoms with Crippen LogP contribution in [0, 0.1) is 0 Å². The van der Waals surface area contributed by atoms with Crippen LogP contribution in [0.15, 0.2) is 170 Å². The van der Waals surface area contributed by atoms with Crippen molar-refractivity contribution in [3.05, 3.63) is 170 Å². The van der Waals surface area contributed by atoms with Crippen molar-refractivity contribution in [3.63, 3.8) is 0 Å². The Bertz CT molecular complexity index is 2840. The fraction of sp³-hybridized carbons (Fsp3) is 0.693. The third-order valence-corrected chi connectivity index (χ3v) is 21.8. The summed E-state index contributed by atoms with van der Waals surface area (Å²) in [6.45, 7) is 2.46. The lowest BCUT2D eigenvalue weighted by molar-refractivity contribution is -0.161. The van der Waals surface area contributed by atoms with Gasteiger partial charge in [0.2, 0.25) is 0 Å². The number of allylic oxidation sites excluding steroid dienone is 28. The smallest absolute Gasteiger partial charge is 0.463 e. The molecule has 0 aromatic carbocycles. The second-order valence-corrected chi connectivity index (χ2v) is 34.3. The molecule has 0 aromatic heterocycles. The summed E-state index contributed by atoms with van der Waals surface area (Å²) in [5, 5.41) is 20.7. The lowest BCUT2D eigenvalue weighted by Gasteiger charge is -2.21. The number of aliphatic hydroxyl groups excluding tert-OH is 2. The largest absolute Gasteiger partial charge is 0.472 e. The summed E-state index contributed by atoms with van der Waals surface area (Å²) in [5.74, 6) is -1.59. The summed E-state index contributed by atoms with van der Waals surface area (Å²) < 4.78 is 61.5. The fourth-order valence-electron chi connectivity index (χ4n) is 12.8. The van der Waals surface area contributed by atoms with Crippen LogP contribution in [0.1, 0.15) is 393 Å². The lowest BCUT2D eigenvalue weighted by atomic mass is 10.0. The molecule has 18 heteroatoms.